The first-order valence-corrected chi connectivity index (χ1v) is 10.6. The molecule has 0 spiro atoms. The van der Waals surface area contributed by atoms with Crippen LogP contribution in [0.1, 0.15) is 41.9 Å². The molecule has 0 unspecified atom stereocenters. The molecular weight excluding hydrogens is 481 g/mol. The number of carbonyl (C=O) groups excluding carboxylic acids is 3. The van der Waals surface area contributed by atoms with E-state index in [0.29, 0.717) is 22.1 Å². The van der Waals surface area contributed by atoms with Crippen molar-refractivity contribution in [1.82, 2.24) is 0 Å². The van der Waals surface area contributed by atoms with Gasteiger partial charge in [-0.15, -0.1) is 11.3 Å². The normalized spacial score (nSPS) is 10.5. The number of benzene rings is 1. The average Bonchev–Trinajstić information content (AvgIpc) is 3.38. The SMILES string of the molecule is COC(=O)c1sc(NC(=O)c2ccc(COc3cccc(Cl)c3Cl)o2)c(C(=O)OC)c1C. The van der Waals surface area contributed by atoms with Crippen LogP contribution in [0.15, 0.2) is 34.7 Å². The van der Waals surface area contributed by atoms with E-state index in [9.17, 15) is 14.4 Å². The van der Waals surface area contributed by atoms with E-state index in [2.05, 4.69) is 5.32 Å². The molecule has 0 atom stereocenters. The third kappa shape index (κ3) is 4.90. The van der Waals surface area contributed by atoms with Gasteiger partial charge >= 0.3 is 11.9 Å². The maximum atomic E-state index is 12.7. The predicted octanol–water partition coefficient (Wildman–Crippen LogP) is 5.36. The van der Waals surface area contributed by atoms with Crippen LogP contribution in [0.4, 0.5) is 5.00 Å². The van der Waals surface area contributed by atoms with Crippen molar-refractivity contribution in [3.05, 3.63) is 67.9 Å². The van der Waals surface area contributed by atoms with Crippen LogP contribution in [-0.2, 0) is 16.1 Å². The zero-order valence-corrected chi connectivity index (χ0v) is 19.4. The maximum Gasteiger partial charge on any atom is 0.348 e. The Bertz CT molecular complexity index is 1190. The number of thiophene rings is 1. The molecule has 0 bridgehead atoms. The molecule has 11 heteroatoms. The van der Waals surface area contributed by atoms with E-state index in [0.717, 1.165) is 11.3 Å². The van der Waals surface area contributed by atoms with Crippen molar-refractivity contribution in [3.63, 3.8) is 0 Å². The molecule has 32 heavy (non-hydrogen) atoms. The molecule has 2 heterocycles. The van der Waals surface area contributed by atoms with Gasteiger partial charge in [0.2, 0.25) is 0 Å². The second-order valence-electron chi connectivity index (χ2n) is 6.30. The van der Waals surface area contributed by atoms with Crippen molar-refractivity contribution in [3.8, 4) is 5.75 Å². The second kappa shape index (κ2) is 10.1. The first-order valence-electron chi connectivity index (χ1n) is 9.03. The number of hydrogen-bond acceptors (Lipinski definition) is 8. The zero-order valence-electron chi connectivity index (χ0n) is 17.1. The lowest BCUT2D eigenvalue weighted by atomic mass is 10.1. The van der Waals surface area contributed by atoms with Gasteiger partial charge in [0.15, 0.2) is 5.76 Å². The van der Waals surface area contributed by atoms with Gasteiger partial charge in [-0.05, 0) is 36.8 Å². The summed E-state index contributed by atoms with van der Waals surface area (Å²) in [5.74, 6) is -1.25. The van der Waals surface area contributed by atoms with Crippen molar-refractivity contribution in [2.24, 2.45) is 0 Å². The number of ether oxygens (including phenoxy) is 3. The number of methoxy groups -OCH3 is 2. The standard InChI is InChI=1S/C21H17Cl2NO7S/c1-10-15(20(26)28-2)19(32-17(10)21(27)29-3)24-18(25)14-8-7-11(31-14)9-30-13-6-4-5-12(22)16(13)23/h4-8H,9H2,1-3H3,(H,24,25). The van der Waals surface area contributed by atoms with Gasteiger partial charge in [0.05, 0.1) is 24.8 Å². The molecule has 1 amide bonds. The molecule has 0 saturated carbocycles. The summed E-state index contributed by atoms with van der Waals surface area (Å²) in [6.45, 7) is 1.57. The number of anilines is 1. The first kappa shape index (κ1) is 23.6. The lowest BCUT2D eigenvalue weighted by molar-refractivity contribution is 0.0601. The molecule has 168 valence electrons. The van der Waals surface area contributed by atoms with Crippen LogP contribution in [0.2, 0.25) is 10.0 Å². The minimum atomic E-state index is -0.698. The van der Waals surface area contributed by atoms with Crippen LogP contribution >= 0.6 is 34.5 Å². The molecule has 8 nitrogen and oxygen atoms in total. The van der Waals surface area contributed by atoms with E-state index < -0.39 is 17.8 Å². The number of carbonyl (C=O) groups is 3. The van der Waals surface area contributed by atoms with Gasteiger partial charge in [0.25, 0.3) is 5.91 Å². The van der Waals surface area contributed by atoms with Crippen LogP contribution < -0.4 is 10.1 Å². The summed E-state index contributed by atoms with van der Waals surface area (Å²) in [7, 11) is 2.43. The summed E-state index contributed by atoms with van der Waals surface area (Å²) in [5.41, 5.74) is 0.410. The predicted molar refractivity (Wildman–Crippen MR) is 119 cm³/mol. The molecule has 3 aromatic rings. The zero-order chi connectivity index (χ0) is 23.4. The van der Waals surface area contributed by atoms with E-state index in [1.807, 2.05) is 0 Å². The summed E-state index contributed by atoms with van der Waals surface area (Å²) in [6.07, 6.45) is 0. The fourth-order valence-electron chi connectivity index (χ4n) is 2.72. The molecule has 0 aliphatic heterocycles. The summed E-state index contributed by atoms with van der Waals surface area (Å²) < 4.78 is 20.6. The highest BCUT2D eigenvalue weighted by Gasteiger charge is 2.27. The number of esters is 2. The Morgan fingerprint density at radius 1 is 1.06 bits per heavy atom. The Morgan fingerprint density at radius 3 is 2.47 bits per heavy atom. The number of amides is 1. The fraction of sp³-hybridized carbons (Fsp3) is 0.190. The third-order valence-electron chi connectivity index (χ3n) is 4.31. The van der Waals surface area contributed by atoms with Crippen LogP contribution in [-0.4, -0.2) is 32.1 Å². The fourth-order valence-corrected chi connectivity index (χ4v) is 4.18. The lowest BCUT2D eigenvalue weighted by Crippen LogP contribution is -2.13. The van der Waals surface area contributed by atoms with Gasteiger partial charge in [-0.1, -0.05) is 29.3 Å². The van der Waals surface area contributed by atoms with Gasteiger partial charge in [-0.25, -0.2) is 9.59 Å². The number of nitrogens with one attached hydrogen (secondary N) is 1. The van der Waals surface area contributed by atoms with Crippen molar-refractivity contribution >= 4 is 57.4 Å². The summed E-state index contributed by atoms with van der Waals surface area (Å²) in [6, 6.07) is 7.99. The summed E-state index contributed by atoms with van der Waals surface area (Å²) >= 11 is 12.9. The molecule has 2 aromatic heterocycles. The first-order chi connectivity index (χ1) is 15.3. The Kier molecular flexibility index (Phi) is 7.44. The topological polar surface area (TPSA) is 104 Å². The Hall–Kier alpha value is -3.01. The highest BCUT2D eigenvalue weighted by atomic mass is 35.5. The maximum absolute atomic E-state index is 12.7. The number of halogens is 2. The quantitative estimate of drug-likeness (QED) is 0.438. The van der Waals surface area contributed by atoms with Gasteiger partial charge < -0.3 is 23.9 Å². The van der Waals surface area contributed by atoms with E-state index in [4.69, 9.17) is 41.8 Å². The van der Waals surface area contributed by atoms with E-state index in [-0.39, 0.29) is 32.8 Å². The molecule has 0 fully saturated rings. The van der Waals surface area contributed by atoms with Crippen molar-refractivity contribution in [2.75, 3.05) is 19.5 Å². The minimum Gasteiger partial charge on any atom is -0.484 e. The average molecular weight is 498 g/mol. The lowest BCUT2D eigenvalue weighted by Gasteiger charge is -2.07. The summed E-state index contributed by atoms with van der Waals surface area (Å²) in [5, 5.41) is 3.34. The van der Waals surface area contributed by atoms with Gasteiger partial charge in [-0.2, -0.15) is 0 Å². The largest absolute Gasteiger partial charge is 0.484 e. The van der Waals surface area contributed by atoms with Crippen LogP contribution in [0, 0.1) is 6.92 Å². The van der Waals surface area contributed by atoms with Crippen LogP contribution in [0.5, 0.6) is 5.75 Å². The Morgan fingerprint density at radius 2 is 1.78 bits per heavy atom. The Balaban J connectivity index is 1.77. The molecule has 1 aromatic carbocycles. The second-order valence-corrected chi connectivity index (χ2v) is 8.11. The van der Waals surface area contributed by atoms with Gasteiger partial charge in [-0.3, -0.25) is 4.79 Å². The van der Waals surface area contributed by atoms with E-state index in [1.165, 1.54) is 20.3 Å². The van der Waals surface area contributed by atoms with Gasteiger partial charge in [0.1, 0.15) is 33.0 Å². The number of rotatable bonds is 7. The highest BCUT2D eigenvalue weighted by Crippen LogP contribution is 2.35. The van der Waals surface area contributed by atoms with Crippen LogP contribution in [0.25, 0.3) is 0 Å². The highest BCUT2D eigenvalue weighted by molar-refractivity contribution is 7.18. The third-order valence-corrected chi connectivity index (χ3v) is 6.29. The molecule has 0 aliphatic rings. The van der Waals surface area contributed by atoms with E-state index >= 15 is 0 Å². The smallest absolute Gasteiger partial charge is 0.348 e. The monoisotopic (exact) mass is 497 g/mol. The molecule has 3 rings (SSSR count). The molecular formula is C21H17Cl2NO7S. The van der Waals surface area contributed by atoms with Crippen molar-refractivity contribution < 1.29 is 33.0 Å². The van der Waals surface area contributed by atoms with Gasteiger partial charge in [0, 0.05) is 0 Å². The minimum absolute atomic E-state index is 0.00531. The van der Waals surface area contributed by atoms with Crippen molar-refractivity contribution in [2.45, 2.75) is 13.5 Å². The van der Waals surface area contributed by atoms with E-state index in [1.54, 1.807) is 31.2 Å². The number of furan rings is 1. The van der Waals surface area contributed by atoms with Crippen molar-refractivity contribution in [1.29, 1.82) is 0 Å². The molecule has 1 N–H and O–H groups in total. The molecule has 0 saturated heterocycles. The number of hydrogen-bond donors (Lipinski definition) is 1. The molecule has 0 radical (unpaired) electrons. The van der Waals surface area contributed by atoms with Crippen LogP contribution in [0.3, 0.4) is 0 Å². The molecule has 0 aliphatic carbocycles. The summed E-state index contributed by atoms with van der Waals surface area (Å²) in [4.78, 5) is 37.0. The Labute approximate surface area is 197 Å².